The van der Waals surface area contributed by atoms with Crippen molar-refractivity contribution >= 4 is 23.5 Å². The number of nitrogen functional groups attached to an aromatic ring is 1. The van der Waals surface area contributed by atoms with E-state index in [-0.39, 0.29) is 22.9 Å². The molecule has 0 saturated carbocycles. The fourth-order valence-corrected chi connectivity index (χ4v) is 2.48. The minimum atomic E-state index is -0.277. The zero-order valence-corrected chi connectivity index (χ0v) is 15.1. The number of aromatic nitrogens is 5. The second-order valence-electron chi connectivity index (χ2n) is 6.01. The van der Waals surface area contributed by atoms with E-state index in [1.165, 1.54) is 10.8 Å². The van der Waals surface area contributed by atoms with Gasteiger partial charge in [0.05, 0.1) is 16.8 Å². The molecule has 0 amide bonds. The van der Waals surface area contributed by atoms with Crippen LogP contribution in [0.5, 0.6) is 0 Å². The van der Waals surface area contributed by atoms with Gasteiger partial charge >= 0.3 is 0 Å². The van der Waals surface area contributed by atoms with Gasteiger partial charge in [-0.1, -0.05) is 18.2 Å². The predicted molar refractivity (Wildman–Crippen MR) is 103 cm³/mol. The Bertz CT molecular complexity index is 1100. The molecule has 0 fully saturated rings. The third-order valence-corrected chi connectivity index (χ3v) is 3.82. The van der Waals surface area contributed by atoms with Crippen LogP contribution in [0.15, 0.2) is 35.1 Å². The summed E-state index contributed by atoms with van der Waals surface area (Å²) in [6.07, 6.45) is 1.46. The number of nitrogens with zero attached hydrogens (tertiary/aromatic N) is 6. The van der Waals surface area contributed by atoms with Gasteiger partial charge in [-0.05, 0) is 25.1 Å². The van der Waals surface area contributed by atoms with Gasteiger partial charge in [-0.25, -0.2) is 4.68 Å². The Morgan fingerprint density at radius 3 is 2.59 bits per heavy atom. The number of nitrogens with two attached hydrogens (primary N) is 1. The standard InChI is InChI=1S/C18H18N8O/c1-11-14(16(27)26(24-11)13-7-5-4-6-8-13)9-12(10-19)15-21-17(20)23-18(22-15)25(2)3/h4-9,24H,1-3H3,(H2,20,21,22,23)/b12-9+. The molecule has 0 aliphatic rings. The summed E-state index contributed by atoms with van der Waals surface area (Å²) < 4.78 is 1.42. The minimum Gasteiger partial charge on any atom is -0.368 e. The fraction of sp³-hybridized carbons (Fsp3) is 0.167. The van der Waals surface area contributed by atoms with E-state index in [2.05, 4.69) is 20.1 Å². The first-order valence-corrected chi connectivity index (χ1v) is 8.08. The Labute approximate surface area is 155 Å². The number of rotatable bonds is 4. The van der Waals surface area contributed by atoms with E-state index in [1.54, 1.807) is 25.9 Å². The van der Waals surface area contributed by atoms with Crippen LogP contribution in [0.1, 0.15) is 17.1 Å². The average molecular weight is 362 g/mol. The third-order valence-electron chi connectivity index (χ3n) is 3.82. The Morgan fingerprint density at radius 1 is 1.26 bits per heavy atom. The summed E-state index contributed by atoms with van der Waals surface area (Å²) in [5.74, 6) is 0.434. The van der Waals surface area contributed by atoms with Crippen molar-refractivity contribution < 1.29 is 0 Å². The van der Waals surface area contributed by atoms with Crippen molar-refractivity contribution in [3.8, 4) is 11.8 Å². The van der Waals surface area contributed by atoms with Crippen LogP contribution >= 0.6 is 0 Å². The maximum absolute atomic E-state index is 12.8. The SMILES string of the molecule is Cc1[nH]n(-c2ccccc2)c(=O)c1/C=C(\C#N)c1nc(N)nc(N(C)C)n1. The van der Waals surface area contributed by atoms with Gasteiger partial charge in [0, 0.05) is 19.8 Å². The lowest BCUT2D eigenvalue weighted by molar-refractivity contribution is 0.835. The first-order chi connectivity index (χ1) is 12.9. The Kier molecular flexibility index (Phi) is 4.72. The van der Waals surface area contributed by atoms with Gasteiger partial charge in [-0.15, -0.1) is 0 Å². The van der Waals surface area contributed by atoms with Crippen molar-refractivity contribution in [2.24, 2.45) is 0 Å². The highest BCUT2D eigenvalue weighted by molar-refractivity contribution is 5.87. The number of anilines is 2. The smallest absolute Gasteiger partial charge is 0.278 e. The van der Waals surface area contributed by atoms with E-state index in [0.717, 1.165) is 0 Å². The molecule has 0 aliphatic heterocycles. The topological polar surface area (TPSA) is 130 Å². The summed E-state index contributed by atoms with van der Waals surface area (Å²) in [4.78, 5) is 26.7. The first kappa shape index (κ1) is 17.9. The molecule has 9 heteroatoms. The summed E-state index contributed by atoms with van der Waals surface area (Å²) in [6, 6.07) is 11.2. The number of hydrogen-bond acceptors (Lipinski definition) is 7. The van der Waals surface area contributed by atoms with Crippen molar-refractivity contribution in [2.45, 2.75) is 6.92 Å². The Morgan fingerprint density at radius 2 is 1.96 bits per heavy atom. The molecular formula is C18H18N8O. The maximum Gasteiger partial charge on any atom is 0.278 e. The number of allylic oxidation sites excluding steroid dienone is 1. The molecule has 3 rings (SSSR count). The molecule has 0 aliphatic carbocycles. The monoisotopic (exact) mass is 362 g/mol. The van der Waals surface area contributed by atoms with Gasteiger partial charge in [0.25, 0.3) is 5.56 Å². The molecule has 0 unspecified atom stereocenters. The first-order valence-electron chi connectivity index (χ1n) is 8.08. The number of H-pyrrole nitrogens is 1. The van der Waals surface area contributed by atoms with Crippen LogP contribution in [-0.4, -0.2) is 38.8 Å². The number of benzene rings is 1. The molecular weight excluding hydrogens is 344 g/mol. The van der Waals surface area contributed by atoms with Gasteiger partial charge in [0.15, 0.2) is 5.82 Å². The molecule has 0 bridgehead atoms. The minimum absolute atomic E-state index is 0.00247. The molecule has 3 aromatic rings. The van der Waals surface area contributed by atoms with Crippen LogP contribution in [0, 0.1) is 18.3 Å². The van der Waals surface area contributed by atoms with Crippen molar-refractivity contribution in [1.29, 1.82) is 5.26 Å². The van der Waals surface area contributed by atoms with Gasteiger partial charge < -0.3 is 10.6 Å². The summed E-state index contributed by atoms with van der Waals surface area (Å²) in [7, 11) is 3.51. The molecule has 136 valence electrons. The maximum atomic E-state index is 12.8. The second kappa shape index (κ2) is 7.13. The van der Waals surface area contributed by atoms with Gasteiger partial charge in [-0.3, -0.25) is 9.89 Å². The third kappa shape index (κ3) is 3.55. The van der Waals surface area contributed by atoms with Crippen molar-refractivity contribution in [2.75, 3.05) is 24.7 Å². The molecule has 3 N–H and O–H groups in total. The zero-order chi connectivity index (χ0) is 19.6. The average Bonchev–Trinajstić information content (AvgIpc) is 2.94. The van der Waals surface area contributed by atoms with E-state index >= 15 is 0 Å². The van der Waals surface area contributed by atoms with Gasteiger partial charge in [0.2, 0.25) is 11.9 Å². The normalized spacial score (nSPS) is 11.3. The zero-order valence-electron chi connectivity index (χ0n) is 15.1. The summed E-state index contributed by atoms with van der Waals surface area (Å²) in [5, 5.41) is 12.6. The van der Waals surface area contributed by atoms with E-state index in [0.29, 0.717) is 22.9 Å². The molecule has 0 saturated heterocycles. The number of nitrogens with one attached hydrogen (secondary N) is 1. The van der Waals surface area contributed by atoms with Crippen LogP contribution in [0.4, 0.5) is 11.9 Å². The van der Waals surface area contributed by atoms with Crippen LogP contribution in [0.2, 0.25) is 0 Å². The summed E-state index contributed by atoms with van der Waals surface area (Å²) >= 11 is 0. The van der Waals surface area contributed by atoms with Crippen LogP contribution in [0.3, 0.4) is 0 Å². The summed E-state index contributed by atoms with van der Waals surface area (Å²) in [5.41, 5.74) is 7.23. The lowest BCUT2D eigenvalue weighted by atomic mass is 10.1. The number of hydrogen-bond donors (Lipinski definition) is 2. The van der Waals surface area contributed by atoms with Crippen LogP contribution in [-0.2, 0) is 0 Å². The van der Waals surface area contributed by atoms with E-state index < -0.39 is 0 Å². The van der Waals surface area contributed by atoms with Crippen LogP contribution in [0.25, 0.3) is 17.3 Å². The second-order valence-corrected chi connectivity index (χ2v) is 6.01. The molecule has 9 nitrogen and oxygen atoms in total. The molecule has 0 atom stereocenters. The number of aromatic amines is 1. The van der Waals surface area contributed by atoms with Crippen LogP contribution < -0.4 is 16.2 Å². The number of para-hydroxylation sites is 1. The molecule has 0 radical (unpaired) electrons. The van der Waals surface area contributed by atoms with E-state index in [4.69, 9.17) is 5.73 Å². The predicted octanol–water partition coefficient (Wildman–Crippen LogP) is 1.37. The summed E-state index contributed by atoms with van der Waals surface area (Å²) in [6.45, 7) is 1.76. The van der Waals surface area contributed by atoms with Gasteiger partial charge in [0.1, 0.15) is 6.07 Å². The highest BCUT2D eigenvalue weighted by Crippen LogP contribution is 2.17. The molecule has 1 aromatic carbocycles. The van der Waals surface area contributed by atoms with Crippen molar-refractivity contribution in [3.63, 3.8) is 0 Å². The molecule has 0 spiro atoms. The number of aryl methyl sites for hydroxylation is 1. The Balaban J connectivity index is 2.12. The molecule has 27 heavy (non-hydrogen) atoms. The van der Waals surface area contributed by atoms with E-state index in [1.807, 2.05) is 36.4 Å². The van der Waals surface area contributed by atoms with E-state index in [9.17, 15) is 10.1 Å². The quantitative estimate of drug-likeness (QED) is 0.670. The van der Waals surface area contributed by atoms with Gasteiger partial charge in [-0.2, -0.15) is 20.2 Å². The largest absolute Gasteiger partial charge is 0.368 e. The lowest BCUT2D eigenvalue weighted by Gasteiger charge is -2.10. The fourth-order valence-electron chi connectivity index (χ4n) is 2.48. The highest BCUT2D eigenvalue weighted by Gasteiger charge is 2.15. The molecule has 2 heterocycles. The highest BCUT2D eigenvalue weighted by atomic mass is 16.1. The van der Waals surface area contributed by atoms with Crippen molar-refractivity contribution in [3.05, 3.63) is 57.8 Å². The molecule has 2 aromatic heterocycles. The van der Waals surface area contributed by atoms with Crippen molar-refractivity contribution in [1.82, 2.24) is 24.7 Å². The lowest BCUT2D eigenvalue weighted by Crippen LogP contribution is -2.16. The number of nitriles is 1. The Hall–Kier alpha value is -3.93.